The first-order valence-corrected chi connectivity index (χ1v) is 9.23. The maximum atomic E-state index is 13.9. The molecule has 4 rings (SSSR count). The van der Waals surface area contributed by atoms with Crippen LogP contribution in [0.5, 0.6) is 0 Å². The summed E-state index contributed by atoms with van der Waals surface area (Å²) in [5, 5.41) is 3.83. The van der Waals surface area contributed by atoms with Crippen molar-refractivity contribution in [2.75, 3.05) is 23.3 Å². The molecule has 0 spiro atoms. The maximum absolute atomic E-state index is 13.9. The van der Waals surface area contributed by atoms with Gasteiger partial charge in [0.15, 0.2) is 17.4 Å². The molecule has 0 saturated carbocycles. The summed E-state index contributed by atoms with van der Waals surface area (Å²) in [6, 6.07) is -2.43. The minimum atomic E-state index is -4.97. The summed E-state index contributed by atoms with van der Waals surface area (Å²) in [5.41, 5.74) is -0.587. The number of nitrogens with zero attached hydrogens (tertiary/aromatic N) is 3. The SMILES string of the molecule is Cc1c(C(NC(=O)Nc2cnc(N3CCC3)nc2)C(F)(F)F)oc2c(F)cc(F)cc12. The molecule has 31 heavy (non-hydrogen) atoms. The van der Waals surface area contributed by atoms with Gasteiger partial charge in [0.2, 0.25) is 5.95 Å². The molecule has 3 heterocycles. The Balaban J connectivity index is 1.56. The molecule has 0 radical (unpaired) electrons. The number of amides is 2. The van der Waals surface area contributed by atoms with Crippen LogP contribution in [0, 0.1) is 18.6 Å². The summed E-state index contributed by atoms with van der Waals surface area (Å²) >= 11 is 0. The first-order valence-electron chi connectivity index (χ1n) is 9.23. The van der Waals surface area contributed by atoms with E-state index in [9.17, 15) is 26.7 Å². The van der Waals surface area contributed by atoms with Crippen LogP contribution in [0.25, 0.3) is 11.0 Å². The molecule has 1 fully saturated rings. The Bertz CT molecular complexity index is 1130. The highest BCUT2D eigenvalue weighted by Crippen LogP contribution is 2.39. The van der Waals surface area contributed by atoms with Gasteiger partial charge in [0, 0.05) is 30.1 Å². The number of nitrogens with one attached hydrogen (secondary N) is 2. The van der Waals surface area contributed by atoms with Crippen LogP contribution >= 0.6 is 0 Å². The van der Waals surface area contributed by atoms with Crippen molar-refractivity contribution in [3.8, 4) is 0 Å². The van der Waals surface area contributed by atoms with E-state index in [1.165, 1.54) is 19.3 Å². The second-order valence-corrected chi connectivity index (χ2v) is 7.04. The number of benzene rings is 1. The van der Waals surface area contributed by atoms with Crippen molar-refractivity contribution < 1.29 is 31.2 Å². The van der Waals surface area contributed by atoms with Gasteiger partial charge in [-0.1, -0.05) is 0 Å². The zero-order chi connectivity index (χ0) is 22.3. The third kappa shape index (κ3) is 4.09. The fraction of sp³-hybridized carbons (Fsp3) is 0.316. The van der Waals surface area contributed by atoms with E-state index >= 15 is 0 Å². The smallest absolute Gasteiger partial charge is 0.416 e. The molecular formula is C19H16F5N5O2. The highest BCUT2D eigenvalue weighted by molar-refractivity contribution is 5.89. The third-order valence-electron chi connectivity index (χ3n) is 4.89. The minimum Gasteiger partial charge on any atom is -0.455 e. The molecule has 0 aliphatic carbocycles. The van der Waals surface area contributed by atoms with Gasteiger partial charge in [-0.25, -0.2) is 23.5 Å². The number of aryl methyl sites for hydroxylation is 1. The molecular weight excluding hydrogens is 425 g/mol. The zero-order valence-electron chi connectivity index (χ0n) is 16.1. The van der Waals surface area contributed by atoms with Crippen LogP contribution < -0.4 is 15.5 Å². The Labute approximate surface area is 172 Å². The van der Waals surface area contributed by atoms with Crippen LogP contribution in [0.15, 0.2) is 28.9 Å². The van der Waals surface area contributed by atoms with Gasteiger partial charge in [0.1, 0.15) is 11.6 Å². The number of hydrogen-bond acceptors (Lipinski definition) is 5. The number of urea groups is 1. The highest BCUT2D eigenvalue weighted by Gasteiger charge is 2.45. The molecule has 0 bridgehead atoms. The Morgan fingerprint density at radius 2 is 1.87 bits per heavy atom. The van der Waals surface area contributed by atoms with E-state index in [-0.39, 0.29) is 16.6 Å². The molecule has 2 amide bonds. The van der Waals surface area contributed by atoms with Crippen LogP contribution in [0.4, 0.5) is 38.4 Å². The average Bonchev–Trinajstić information content (AvgIpc) is 2.96. The van der Waals surface area contributed by atoms with Crippen LogP contribution in [0.2, 0.25) is 0 Å². The van der Waals surface area contributed by atoms with Crippen molar-refractivity contribution in [3.63, 3.8) is 0 Å². The van der Waals surface area contributed by atoms with Crippen LogP contribution in [0.1, 0.15) is 23.8 Å². The molecule has 12 heteroatoms. The number of hydrogen-bond donors (Lipinski definition) is 2. The topological polar surface area (TPSA) is 83.3 Å². The fourth-order valence-corrected chi connectivity index (χ4v) is 3.20. The molecule has 1 saturated heterocycles. The predicted octanol–water partition coefficient (Wildman–Crippen LogP) is 4.44. The van der Waals surface area contributed by atoms with Crippen molar-refractivity contribution in [1.29, 1.82) is 0 Å². The van der Waals surface area contributed by atoms with Gasteiger partial charge in [0.05, 0.1) is 18.1 Å². The fourth-order valence-electron chi connectivity index (χ4n) is 3.20. The average molecular weight is 441 g/mol. The Hall–Kier alpha value is -3.44. The summed E-state index contributed by atoms with van der Waals surface area (Å²) < 4.78 is 73.5. The molecule has 1 aliphatic rings. The van der Waals surface area contributed by atoms with E-state index in [1.54, 1.807) is 5.32 Å². The molecule has 1 atom stereocenters. The molecule has 7 nitrogen and oxygen atoms in total. The summed E-state index contributed by atoms with van der Waals surface area (Å²) in [5.74, 6) is -2.39. The second-order valence-electron chi connectivity index (χ2n) is 7.04. The lowest BCUT2D eigenvalue weighted by Crippen LogP contribution is -2.40. The molecule has 164 valence electrons. The number of carbonyl (C=O) groups excluding carboxylic acids is 1. The normalized spacial score (nSPS) is 15.0. The monoisotopic (exact) mass is 441 g/mol. The lowest BCUT2D eigenvalue weighted by atomic mass is 10.1. The minimum absolute atomic E-state index is 0.0807. The summed E-state index contributed by atoms with van der Waals surface area (Å²) in [4.78, 5) is 22.2. The third-order valence-corrected chi connectivity index (χ3v) is 4.89. The van der Waals surface area contributed by atoms with Crippen molar-refractivity contribution in [3.05, 3.63) is 47.5 Å². The van der Waals surface area contributed by atoms with Crippen molar-refractivity contribution in [1.82, 2.24) is 15.3 Å². The number of furan rings is 1. The van der Waals surface area contributed by atoms with Gasteiger partial charge in [-0.3, -0.25) is 0 Å². The predicted molar refractivity (Wildman–Crippen MR) is 101 cm³/mol. The number of fused-ring (bicyclic) bond motifs is 1. The van der Waals surface area contributed by atoms with Gasteiger partial charge in [-0.15, -0.1) is 0 Å². The Kier molecular flexibility index (Phi) is 5.15. The van der Waals surface area contributed by atoms with Gasteiger partial charge in [0.25, 0.3) is 0 Å². The number of aromatic nitrogens is 2. The Morgan fingerprint density at radius 3 is 2.45 bits per heavy atom. The lowest BCUT2D eigenvalue weighted by molar-refractivity contribution is -0.158. The van der Waals surface area contributed by atoms with E-state index in [1.807, 2.05) is 4.90 Å². The number of alkyl halides is 3. The van der Waals surface area contributed by atoms with Crippen LogP contribution in [0.3, 0.4) is 0 Å². The number of anilines is 2. The van der Waals surface area contributed by atoms with E-state index in [0.717, 1.165) is 25.6 Å². The van der Waals surface area contributed by atoms with Gasteiger partial charge >= 0.3 is 12.2 Å². The Morgan fingerprint density at radius 1 is 1.19 bits per heavy atom. The summed E-state index contributed by atoms with van der Waals surface area (Å²) in [6.07, 6.45) is -1.41. The van der Waals surface area contributed by atoms with Crippen molar-refractivity contribution in [2.45, 2.75) is 25.6 Å². The van der Waals surface area contributed by atoms with Crippen molar-refractivity contribution in [2.24, 2.45) is 0 Å². The highest BCUT2D eigenvalue weighted by atomic mass is 19.4. The van der Waals surface area contributed by atoms with E-state index in [2.05, 4.69) is 15.3 Å². The van der Waals surface area contributed by atoms with Crippen LogP contribution in [-0.2, 0) is 0 Å². The number of rotatable bonds is 4. The number of carbonyl (C=O) groups is 1. The summed E-state index contributed by atoms with van der Waals surface area (Å²) in [7, 11) is 0. The van der Waals surface area contributed by atoms with Gasteiger partial charge in [-0.05, 0) is 19.4 Å². The second kappa shape index (κ2) is 7.67. The standard InChI is InChI=1S/C19H16F5N5O2/c1-9-12-5-10(20)6-13(21)15(12)31-14(9)16(19(22,23)24)28-18(30)27-11-7-25-17(26-8-11)29-3-2-4-29/h5-8,16H,2-4H2,1H3,(H2,27,28,30). The largest absolute Gasteiger partial charge is 0.455 e. The van der Waals surface area contributed by atoms with Crippen LogP contribution in [-0.4, -0.2) is 35.3 Å². The summed E-state index contributed by atoms with van der Waals surface area (Å²) in [6.45, 7) is 2.84. The van der Waals surface area contributed by atoms with E-state index < -0.39 is 41.2 Å². The van der Waals surface area contributed by atoms with E-state index in [4.69, 9.17) is 4.42 Å². The quantitative estimate of drug-likeness (QED) is 0.585. The lowest BCUT2D eigenvalue weighted by Gasteiger charge is -2.30. The van der Waals surface area contributed by atoms with Crippen molar-refractivity contribution >= 4 is 28.6 Å². The molecule has 3 aromatic rings. The zero-order valence-corrected chi connectivity index (χ0v) is 16.1. The maximum Gasteiger partial charge on any atom is 0.416 e. The van der Waals surface area contributed by atoms with Gasteiger partial charge < -0.3 is 20.0 Å². The molecule has 1 aliphatic heterocycles. The van der Waals surface area contributed by atoms with Gasteiger partial charge in [-0.2, -0.15) is 13.2 Å². The van der Waals surface area contributed by atoms with E-state index in [0.29, 0.717) is 12.0 Å². The molecule has 2 N–H and O–H groups in total. The first-order chi connectivity index (χ1) is 14.6. The molecule has 1 unspecified atom stereocenters. The molecule has 1 aromatic carbocycles. The molecule has 2 aromatic heterocycles. The first kappa shape index (κ1) is 20.8. The number of halogens is 5.